The van der Waals surface area contributed by atoms with Crippen LogP contribution in [-0.4, -0.2) is 72.7 Å². The standard InChI is InChI=1S/C17H26N4O2/c1-20(10-14-5-4-6-18-9-14)11-17(22)19-15-12-23-13-16(15)21-7-2-3-8-21/h4-6,9,15-16H,2-3,7-8,10-13H2,1H3,(H,19,22)/t15-,16-/m1/s1. The maximum absolute atomic E-state index is 12.3. The molecule has 0 saturated carbocycles. The fourth-order valence-corrected chi connectivity index (χ4v) is 3.47. The van der Waals surface area contributed by atoms with Crippen LogP contribution in [0.4, 0.5) is 0 Å². The topological polar surface area (TPSA) is 57.7 Å². The van der Waals surface area contributed by atoms with E-state index in [9.17, 15) is 4.79 Å². The Morgan fingerprint density at radius 2 is 2.26 bits per heavy atom. The smallest absolute Gasteiger partial charge is 0.234 e. The van der Waals surface area contributed by atoms with Crippen molar-refractivity contribution in [2.75, 3.05) is 39.9 Å². The summed E-state index contributed by atoms with van der Waals surface area (Å²) in [5, 5.41) is 3.16. The minimum atomic E-state index is 0.0658. The van der Waals surface area contributed by atoms with Gasteiger partial charge in [-0.1, -0.05) is 6.07 Å². The summed E-state index contributed by atoms with van der Waals surface area (Å²) in [6.45, 7) is 4.72. The SMILES string of the molecule is CN(CC(=O)N[C@@H]1COC[C@H]1N1CCCC1)Cc1cccnc1. The van der Waals surface area contributed by atoms with Crippen LogP contribution in [0.3, 0.4) is 0 Å². The van der Waals surface area contributed by atoms with Gasteiger partial charge in [0.1, 0.15) is 0 Å². The van der Waals surface area contributed by atoms with Crippen LogP contribution in [0.2, 0.25) is 0 Å². The summed E-state index contributed by atoms with van der Waals surface area (Å²) < 4.78 is 5.61. The lowest BCUT2D eigenvalue weighted by molar-refractivity contribution is -0.123. The number of aromatic nitrogens is 1. The minimum Gasteiger partial charge on any atom is -0.378 e. The van der Waals surface area contributed by atoms with Crippen molar-refractivity contribution in [1.82, 2.24) is 20.1 Å². The van der Waals surface area contributed by atoms with E-state index >= 15 is 0 Å². The molecule has 1 N–H and O–H groups in total. The molecule has 0 unspecified atom stereocenters. The Morgan fingerprint density at radius 3 is 3.00 bits per heavy atom. The Labute approximate surface area is 137 Å². The number of nitrogens with zero attached hydrogens (tertiary/aromatic N) is 3. The number of carbonyl (C=O) groups is 1. The molecular weight excluding hydrogens is 292 g/mol. The second-order valence-electron chi connectivity index (χ2n) is 6.56. The van der Waals surface area contributed by atoms with Crippen LogP contribution in [0.1, 0.15) is 18.4 Å². The van der Waals surface area contributed by atoms with Gasteiger partial charge in [0.2, 0.25) is 5.91 Å². The van der Waals surface area contributed by atoms with Crippen molar-refractivity contribution in [2.24, 2.45) is 0 Å². The molecule has 2 saturated heterocycles. The Hall–Kier alpha value is -1.50. The zero-order valence-corrected chi connectivity index (χ0v) is 13.8. The van der Waals surface area contributed by atoms with Crippen molar-refractivity contribution in [3.63, 3.8) is 0 Å². The van der Waals surface area contributed by atoms with Gasteiger partial charge in [-0.15, -0.1) is 0 Å². The summed E-state index contributed by atoms with van der Waals surface area (Å²) in [4.78, 5) is 20.9. The maximum atomic E-state index is 12.3. The van der Waals surface area contributed by atoms with Gasteiger partial charge in [0, 0.05) is 18.9 Å². The zero-order valence-electron chi connectivity index (χ0n) is 13.8. The second kappa shape index (κ2) is 7.86. The van der Waals surface area contributed by atoms with Gasteiger partial charge in [0.25, 0.3) is 0 Å². The van der Waals surface area contributed by atoms with Gasteiger partial charge in [-0.25, -0.2) is 0 Å². The van der Waals surface area contributed by atoms with E-state index in [0.717, 1.165) is 31.8 Å². The molecule has 1 amide bonds. The molecule has 6 heteroatoms. The molecule has 3 heterocycles. The third-order valence-electron chi connectivity index (χ3n) is 4.60. The molecule has 2 aliphatic heterocycles. The maximum Gasteiger partial charge on any atom is 0.234 e. The average molecular weight is 318 g/mol. The molecule has 2 fully saturated rings. The predicted molar refractivity (Wildman–Crippen MR) is 87.9 cm³/mol. The first-order chi connectivity index (χ1) is 11.2. The van der Waals surface area contributed by atoms with Gasteiger partial charge in [-0.2, -0.15) is 0 Å². The summed E-state index contributed by atoms with van der Waals surface area (Å²) in [5.74, 6) is 0.0658. The molecule has 3 rings (SSSR count). The lowest BCUT2D eigenvalue weighted by Crippen LogP contribution is -2.51. The molecule has 0 spiro atoms. The van der Waals surface area contributed by atoms with Crippen molar-refractivity contribution in [3.05, 3.63) is 30.1 Å². The van der Waals surface area contributed by atoms with Crippen molar-refractivity contribution in [3.8, 4) is 0 Å². The number of likely N-dealkylation sites (N-methyl/N-ethyl adjacent to an activating group) is 1. The highest BCUT2D eigenvalue weighted by molar-refractivity contribution is 5.78. The molecule has 0 aromatic carbocycles. The minimum absolute atomic E-state index is 0.0658. The number of amides is 1. The van der Waals surface area contributed by atoms with Gasteiger partial charge in [-0.05, 0) is 44.6 Å². The zero-order chi connectivity index (χ0) is 16.1. The van der Waals surface area contributed by atoms with Crippen molar-refractivity contribution in [1.29, 1.82) is 0 Å². The highest BCUT2D eigenvalue weighted by atomic mass is 16.5. The third-order valence-corrected chi connectivity index (χ3v) is 4.60. The fourth-order valence-electron chi connectivity index (χ4n) is 3.47. The van der Waals surface area contributed by atoms with E-state index in [-0.39, 0.29) is 11.9 Å². The van der Waals surface area contributed by atoms with E-state index in [0.29, 0.717) is 19.2 Å². The van der Waals surface area contributed by atoms with Crippen molar-refractivity contribution in [2.45, 2.75) is 31.5 Å². The van der Waals surface area contributed by atoms with Crippen LogP contribution in [0, 0.1) is 0 Å². The third kappa shape index (κ3) is 4.50. The largest absolute Gasteiger partial charge is 0.378 e. The van der Waals surface area contributed by atoms with Gasteiger partial charge in [0.15, 0.2) is 0 Å². The lowest BCUT2D eigenvalue weighted by atomic mass is 10.1. The summed E-state index contributed by atoms with van der Waals surface area (Å²) in [7, 11) is 1.95. The summed E-state index contributed by atoms with van der Waals surface area (Å²) in [5.41, 5.74) is 1.11. The second-order valence-corrected chi connectivity index (χ2v) is 6.56. The highest BCUT2D eigenvalue weighted by Crippen LogP contribution is 2.19. The monoisotopic (exact) mass is 318 g/mol. The van der Waals surface area contributed by atoms with Gasteiger partial charge < -0.3 is 10.1 Å². The molecule has 0 radical (unpaired) electrons. The molecular formula is C17H26N4O2. The van der Waals surface area contributed by atoms with E-state index in [1.807, 2.05) is 30.3 Å². The molecule has 23 heavy (non-hydrogen) atoms. The van der Waals surface area contributed by atoms with E-state index in [2.05, 4.69) is 15.2 Å². The molecule has 126 valence electrons. The fraction of sp³-hybridized carbons (Fsp3) is 0.647. The first kappa shape index (κ1) is 16.4. The number of likely N-dealkylation sites (tertiary alicyclic amines) is 1. The first-order valence-electron chi connectivity index (χ1n) is 8.41. The molecule has 2 atom stereocenters. The number of hydrogen-bond acceptors (Lipinski definition) is 5. The predicted octanol–water partition coefficient (Wildman–Crippen LogP) is 0.493. The van der Waals surface area contributed by atoms with Crippen LogP contribution >= 0.6 is 0 Å². The van der Waals surface area contributed by atoms with Gasteiger partial charge in [0.05, 0.1) is 31.8 Å². The Bertz CT molecular complexity index is 505. The Kier molecular flexibility index (Phi) is 5.59. The number of nitrogens with one attached hydrogen (secondary N) is 1. The Balaban J connectivity index is 1.46. The van der Waals surface area contributed by atoms with E-state index in [1.165, 1.54) is 12.8 Å². The number of carbonyl (C=O) groups excluding carboxylic acids is 1. The quantitative estimate of drug-likeness (QED) is 0.827. The van der Waals surface area contributed by atoms with Crippen LogP contribution in [0.25, 0.3) is 0 Å². The molecule has 1 aromatic rings. The van der Waals surface area contributed by atoms with Gasteiger partial charge >= 0.3 is 0 Å². The molecule has 1 aromatic heterocycles. The highest BCUT2D eigenvalue weighted by Gasteiger charge is 2.35. The summed E-state index contributed by atoms with van der Waals surface area (Å²) >= 11 is 0. The number of rotatable bonds is 6. The molecule has 2 aliphatic rings. The molecule has 6 nitrogen and oxygen atoms in total. The number of ether oxygens (including phenoxy) is 1. The van der Waals surface area contributed by atoms with Crippen LogP contribution in [-0.2, 0) is 16.1 Å². The first-order valence-corrected chi connectivity index (χ1v) is 8.41. The summed E-state index contributed by atoms with van der Waals surface area (Å²) in [6.07, 6.45) is 6.10. The van der Waals surface area contributed by atoms with Crippen LogP contribution < -0.4 is 5.32 Å². The molecule has 0 bridgehead atoms. The number of pyridine rings is 1. The van der Waals surface area contributed by atoms with Gasteiger partial charge in [-0.3, -0.25) is 19.6 Å². The van der Waals surface area contributed by atoms with Crippen molar-refractivity contribution >= 4 is 5.91 Å². The molecule has 0 aliphatic carbocycles. The van der Waals surface area contributed by atoms with E-state index in [4.69, 9.17) is 4.74 Å². The average Bonchev–Trinajstić information content (AvgIpc) is 3.18. The van der Waals surface area contributed by atoms with Crippen LogP contribution in [0.5, 0.6) is 0 Å². The normalized spacial score (nSPS) is 25.1. The summed E-state index contributed by atoms with van der Waals surface area (Å²) in [6, 6.07) is 4.40. The number of hydrogen-bond donors (Lipinski definition) is 1. The van der Waals surface area contributed by atoms with E-state index < -0.39 is 0 Å². The van der Waals surface area contributed by atoms with Crippen LogP contribution in [0.15, 0.2) is 24.5 Å². The van der Waals surface area contributed by atoms with E-state index in [1.54, 1.807) is 6.20 Å². The Morgan fingerprint density at radius 1 is 1.43 bits per heavy atom. The lowest BCUT2D eigenvalue weighted by Gasteiger charge is -2.28. The van der Waals surface area contributed by atoms with Crippen molar-refractivity contribution < 1.29 is 9.53 Å².